The highest BCUT2D eigenvalue weighted by Gasteiger charge is 2.22. The number of rotatable bonds is 8. The Balaban J connectivity index is 1.91. The lowest BCUT2D eigenvalue weighted by atomic mass is 10.3. The van der Waals surface area contributed by atoms with Crippen LogP contribution in [0.1, 0.15) is 6.42 Å². The Morgan fingerprint density at radius 3 is 2.36 bits per heavy atom. The zero-order valence-electron chi connectivity index (χ0n) is 13.9. The smallest absolute Gasteiger partial charge is 0.242 e. The van der Waals surface area contributed by atoms with Crippen LogP contribution in [-0.4, -0.2) is 40.0 Å². The van der Waals surface area contributed by atoms with Crippen molar-refractivity contribution in [3.8, 4) is 11.5 Å². The van der Waals surface area contributed by atoms with E-state index in [0.717, 1.165) is 10.4 Å². The van der Waals surface area contributed by atoms with Gasteiger partial charge < -0.3 is 9.47 Å². The van der Waals surface area contributed by atoms with Gasteiger partial charge in [0.25, 0.3) is 0 Å². The minimum absolute atomic E-state index is 0.0192. The van der Waals surface area contributed by atoms with E-state index in [0.29, 0.717) is 12.2 Å². The van der Waals surface area contributed by atoms with Crippen LogP contribution in [0.4, 0.5) is 8.78 Å². The van der Waals surface area contributed by atoms with Crippen molar-refractivity contribution in [3.05, 3.63) is 54.1 Å². The summed E-state index contributed by atoms with van der Waals surface area (Å²) in [4.78, 5) is -0.146. The maximum absolute atomic E-state index is 13.7. The van der Waals surface area contributed by atoms with Crippen molar-refractivity contribution >= 4 is 10.0 Å². The molecule has 0 aromatic heterocycles. The topological polar surface area (TPSA) is 55.8 Å². The molecule has 0 saturated heterocycles. The zero-order chi connectivity index (χ0) is 18.4. The maximum atomic E-state index is 13.7. The summed E-state index contributed by atoms with van der Waals surface area (Å²) < 4.78 is 62.7. The third-order valence-corrected chi connectivity index (χ3v) is 5.38. The van der Waals surface area contributed by atoms with Crippen molar-refractivity contribution in [2.24, 2.45) is 0 Å². The molecule has 0 fully saturated rings. The van der Waals surface area contributed by atoms with E-state index in [9.17, 15) is 17.2 Å². The van der Waals surface area contributed by atoms with Crippen molar-refractivity contribution in [1.82, 2.24) is 4.31 Å². The highest BCUT2D eigenvalue weighted by atomic mass is 32.2. The zero-order valence-corrected chi connectivity index (χ0v) is 14.7. The summed E-state index contributed by atoms with van der Waals surface area (Å²) in [6, 6.07) is 9.05. The van der Waals surface area contributed by atoms with Crippen LogP contribution in [0.3, 0.4) is 0 Å². The average molecular weight is 371 g/mol. The van der Waals surface area contributed by atoms with Gasteiger partial charge in [0.2, 0.25) is 10.0 Å². The molecule has 25 heavy (non-hydrogen) atoms. The van der Waals surface area contributed by atoms with Crippen LogP contribution >= 0.6 is 0 Å². The Bertz CT molecular complexity index is 810. The highest BCUT2D eigenvalue weighted by Crippen LogP contribution is 2.22. The maximum Gasteiger partial charge on any atom is 0.242 e. The fourth-order valence-electron chi connectivity index (χ4n) is 2.12. The molecule has 2 aromatic carbocycles. The van der Waals surface area contributed by atoms with Crippen molar-refractivity contribution in [2.45, 2.75) is 11.3 Å². The SMILES string of the molecule is COc1ccc(S(=O)(=O)N(C)CCCOc2ccc(F)cc2)cc1F. The van der Waals surface area contributed by atoms with E-state index < -0.39 is 15.8 Å². The van der Waals surface area contributed by atoms with Gasteiger partial charge in [-0.15, -0.1) is 0 Å². The van der Waals surface area contributed by atoms with Crippen LogP contribution in [-0.2, 0) is 10.0 Å². The van der Waals surface area contributed by atoms with E-state index in [1.165, 1.54) is 50.6 Å². The summed E-state index contributed by atoms with van der Waals surface area (Å²) in [7, 11) is -1.09. The lowest BCUT2D eigenvalue weighted by Crippen LogP contribution is -2.29. The fourth-order valence-corrected chi connectivity index (χ4v) is 3.34. The van der Waals surface area contributed by atoms with Crippen LogP contribution in [0.2, 0.25) is 0 Å². The summed E-state index contributed by atoms with van der Waals surface area (Å²) in [6.45, 7) is 0.458. The molecule has 2 rings (SSSR count). The first-order valence-corrected chi connectivity index (χ1v) is 8.97. The van der Waals surface area contributed by atoms with Gasteiger partial charge in [-0.1, -0.05) is 0 Å². The van der Waals surface area contributed by atoms with E-state index in [2.05, 4.69) is 0 Å². The highest BCUT2D eigenvalue weighted by molar-refractivity contribution is 7.89. The molecule has 0 aliphatic rings. The quantitative estimate of drug-likeness (QED) is 0.669. The number of ether oxygens (including phenoxy) is 2. The first-order chi connectivity index (χ1) is 11.8. The van der Waals surface area contributed by atoms with Gasteiger partial charge in [-0.2, -0.15) is 0 Å². The fraction of sp³-hybridized carbons (Fsp3) is 0.294. The number of hydrogen-bond donors (Lipinski definition) is 0. The van der Waals surface area contributed by atoms with Crippen molar-refractivity contribution in [3.63, 3.8) is 0 Å². The second-order valence-corrected chi connectivity index (χ2v) is 7.32. The first kappa shape index (κ1) is 19.1. The van der Waals surface area contributed by atoms with E-state index in [1.54, 1.807) is 0 Å². The number of benzene rings is 2. The molecule has 5 nitrogen and oxygen atoms in total. The second-order valence-electron chi connectivity index (χ2n) is 5.28. The van der Waals surface area contributed by atoms with Gasteiger partial charge >= 0.3 is 0 Å². The molecular formula is C17H19F2NO4S. The second kappa shape index (κ2) is 8.26. The summed E-state index contributed by atoms with van der Waals surface area (Å²) in [6.07, 6.45) is 0.422. The number of halogens is 2. The van der Waals surface area contributed by atoms with Gasteiger partial charge in [-0.05, 0) is 48.9 Å². The Hall–Kier alpha value is -2.19. The van der Waals surface area contributed by atoms with Gasteiger partial charge in [-0.25, -0.2) is 21.5 Å². The summed E-state index contributed by atoms with van der Waals surface area (Å²) in [5, 5.41) is 0. The molecule has 0 spiro atoms. The van der Waals surface area contributed by atoms with E-state index >= 15 is 0 Å². The normalized spacial score (nSPS) is 11.6. The third-order valence-electron chi connectivity index (χ3n) is 3.53. The standard InChI is InChI=1S/C17H19F2NO4S/c1-20(10-3-11-24-14-6-4-13(18)5-7-14)25(21,22)15-8-9-17(23-2)16(19)12-15/h4-9,12H,3,10-11H2,1-2H3. The molecule has 0 aliphatic carbocycles. The molecule has 0 N–H and O–H groups in total. The Morgan fingerprint density at radius 2 is 1.76 bits per heavy atom. The number of sulfonamides is 1. The summed E-state index contributed by atoms with van der Waals surface area (Å²) in [5.41, 5.74) is 0. The van der Waals surface area contributed by atoms with Crippen LogP contribution < -0.4 is 9.47 Å². The molecule has 0 unspecified atom stereocenters. The molecule has 0 bridgehead atoms. The molecule has 2 aromatic rings. The van der Waals surface area contributed by atoms with E-state index in [1.807, 2.05) is 0 Å². The molecule has 0 atom stereocenters. The Morgan fingerprint density at radius 1 is 1.08 bits per heavy atom. The van der Waals surface area contributed by atoms with Crippen molar-refractivity contribution in [2.75, 3.05) is 27.3 Å². The largest absolute Gasteiger partial charge is 0.494 e. The van der Waals surface area contributed by atoms with Crippen molar-refractivity contribution < 1.29 is 26.7 Å². The number of hydrogen-bond acceptors (Lipinski definition) is 4. The minimum atomic E-state index is -3.80. The van der Waals surface area contributed by atoms with E-state index in [4.69, 9.17) is 9.47 Å². The van der Waals surface area contributed by atoms with Crippen LogP contribution in [0.25, 0.3) is 0 Å². The average Bonchev–Trinajstić information content (AvgIpc) is 2.59. The van der Waals surface area contributed by atoms with Gasteiger partial charge in [0.05, 0.1) is 18.6 Å². The van der Waals surface area contributed by atoms with Gasteiger partial charge in [-0.3, -0.25) is 0 Å². The van der Waals surface area contributed by atoms with E-state index in [-0.39, 0.29) is 29.6 Å². The molecular weight excluding hydrogens is 352 g/mol. The van der Waals surface area contributed by atoms with Gasteiger partial charge in [0, 0.05) is 13.6 Å². The Kier molecular flexibility index (Phi) is 6.33. The third kappa shape index (κ3) is 4.90. The van der Waals surface area contributed by atoms with Crippen LogP contribution in [0.5, 0.6) is 11.5 Å². The predicted octanol–water partition coefficient (Wildman–Crippen LogP) is 3.06. The molecule has 0 radical (unpaired) electrons. The molecule has 0 saturated carbocycles. The molecule has 136 valence electrons. The molecule has 8 heteroatoms. The molecule has 0 amide bonds. The molecule has 0 aliphatic heterocycles. The van der Waals surface area contributed by atoms with Crippen LogP contribution in [0.15, 0.2) is 47.4 Å². The number of methoxy groups -OCH3 is 1. The summed E-state index contributed by atoms with van der Waals surface area (Å²) >= 11 is 0. The molecule has 0 heterocycles. The first-order valence-electron chi connectivity index (χ1n) is 7.53. The predicted molar refractivity (Wildman–Crippen MR) is 89.3 cm³/mol. The minimum Gasteiger partial charge on any atom is -0.494 e. The summed E-state index contributed by atoms with van der Waals surface area (Å²) in [5.74, 6) is -0.611. The van der Waals surface area contributed by atoms with Crippen molar-refractivity contribution in [1.29, 1.82) is 0 Å². The van der Waals surface area contributed by atoms with Gasteiger partial charge in [0.1, 0.15) is 11.6 Å². The lowest BCUT2D eigenvalue weighted by Gasteiger charge is -2.17. The Labute approximate surface area is 145 Å². The number of nitrogens with zero attached hydrogens (tertiary/aromatic N) is 1. The monoisotopic (exact) mass is 371 g/mol. The lowest BCUT2D eigenvalue weighted by molar-refractivity contribution is 0.296. The van der Waals surface area contributed by atoms with Gasteiger partial charge in [0.15, 0.2) is 11.6 Å². The van der Waals surface area contributed by atoms with Crippen LogP contribution in [0, 0.1) is 11.6 Å².